The van der Waals surface area contributed by atoms with Gasteiger partial charge in [0.15, 0.2) is 5.96 Å². The second-order valence-electron chi connectivity index (χ2n) is 6.72. The number of rotatable bonds is 5. The number of hydrogen-bond acceptors (Lipinski definition) is 3. The number of benzene rings is 1. The van der Waals surface area contributed by atoms with Gasteiger partial charge in [-0.1, -0.05) is 22.0 Å². The molecule has 28 heavy (non-hydrogen) atoms. The predicted molar refractivity (Wildman–Crippen MR) is 127 cm³/mol. The normalized spacial score (nSPS) is 14.9. The maximum atomic E-state index is 12.3. The first kappa shape index (κ1) is 24.7. The Balaban J connectivity index is 0.00000392. The van der Waals surface area contributed by atoms with Crippen LogP contribution in [0.5, 0.6) is 0 Å². The number of aliphatic imine (C=N–C) groups is 1. The Morgan fingerprint density at radius 1 is 1.25 bits per heavy atom. The van der Waals surface area contributed by atoms with Gasteiger partial charge in [-0.15, -0.1) is 24.0 Å². The van der Waals surface area contributed by atoms with E-state index >= 15 is 0 Å². The van der Waals surface area contributed by atoms with Crippen molar-refractivity contribution in [3.63, 3.8) is 0 Å². The average molecular weight is 566 g/mol. The zero-order valence-corrected chi connectivity index (χ0v) is 20.5. The van der Waals surface area contributed by atoms with Gasteiger partial charge >= 0.3 is 0 Å². The lowest BCUT2D eigenvalue weighted by Gasteiger charge is -2.34. The minimum absolute atomic E-state index is 0. The molecule has 1 aliphatic heterocycles. The van der Waals surface area contributed by atoms with Crippen LogP contribution in [-0.2, 0) is 9.59 Å². The number of likely N-dealkylation sites (tertiary alicyclic amines) is 1. The fourth-order valence-corrected chi connectivity index (χ4v) is 3.49. The van der Waals surface area contributed by atoms with Gasteiger partial charge in [0, 0.05) is 43.8 Å². The van der Waals surface area contributed by atoms with E-state index < -0.39 is 0 Å². The second kappa shape index (κ2) is 12.3. The second-order valence-corrected chi connectivity index (χ2v) is 7.63. The topological polar surface area (TPSA) is 85.8 Å². The van der Waals surface area contributed by atoms with Crippen molar-refractivity contribution >= 4 is 63.4 Å². The molecule has 1 aliphatic rings. The molecule has 1 aromatic rings. The summed E-state index contributed by atoms with van der Waals surface area (Å²) in [5.41, 5.74) is 1.80. The lowest BCUT2D eigenvalue weighted by molar-refractivity contribution is -0.121. The van der Waals surface area contributed by atoms with Crippen LogP contribution in [0.1, 0.15) is 24.8 Å². The Labute approximate surface area is 192 Å². The summed E-state index contributed by atoms with van der Waals surface area (Å²) in [7, 11) is 3.39. The highest BCUT2D eigenvalue weighted by Gasteiger charge is 2.23. The summed E-state index contributed by atoms with van der Waals surface area (Å²) in [6.07, 6.45) is 2.46. The van der Waals surface area contributed by atoms with Crippen LogP contribution >= 0.6 is 39.9 Å². The van der Waals surface area contributed by atoms with E-state index in [1.165, 1.54) is 0 Å². The molecular weight excluding hydrogens is 537 g/mol. The third-order valence-corrected chi connectivity index (χ3v) is 5.25. The SMILES string of the molecule is CN=C(NCC(=O)Nc1cc(Br)ccc1C)N1CCC(CC(=O)NC)CC1.I. The van der Waals surface area contributed by atoms with Gasteiger partial charge in [0.25, 0.3) is 0 Å². The number of hydrogen-bond donors (Lipinski definition) is 3. The monoisotopic (exact) mass is 565 g/mol. The van der Waals surface area contributed by atoms with Crippen LogP contribution in [0.2, 0.25) is 0 Å². The van der Waals surface area contributed by atoms with Crippen molar-refractivity contribution in [2.45, 2.75) is 26.2 Å². The van der Waals surface area contributed by atoms with E-state index in [4.69, 9.17) is 0 Å². The Kier molecular flexibility index (Phi) is 10.8. The van der Waals surface area contributed by atoms with E-state index in [1.807, 2.05) is 25.1 Å². The molecule has 1 aromatic carbocycles. The fourth-order valence-electron chi connectivity index (χ4n) is 3.13. The van der Waals surface area contributed by atoms with Crippen LogP contribution in [0.4, 0.5) is 5.69 Å². The summed E-state index contributed by atoms with van der Waals surface area (Å²) in [6.45, 7) is 3.76. The van der Waals surface area contributed by atoms with Crippen molar-refractivity contribution in [3.8, 4) is 0 Å². The fraction of sp³-hybridized carbons (Fsp3) is 0.526. The molecule has 0 unspecified atom stereocenters. The molecule has 0 atom stereocenters. The summed E-state index contributed by atoms with van der Waals surface area (Å²) < 4.78 is 0.923. The molecule has 3 N–H and O–H groups in total. The molecule has 156 valence electrons. The van der Waals surface area contributed by atoms with Crippen molar-refractivity contribution in [1.29, 1.82) is 0 Å². The number of halogens is 2. The Bertz CT molecular complexity index is 706. The highest BCUT2D eigenvalue weighted by Crippen LogP contribution is 2.21. The van der Waals surface area contributed by atoms with Crippen molar-refractivity contribution in [2.75, 3.05) is 39.0 Å². The van der Waals surface area contributed by atoms with Crippen LogP contribution in [0, 0.1) is 12.8 Å². The smallest absolute Gasteiger partial charge is 0.243 e. The van der Waals surface area contributed by atoms with E-state index in [0.29, 0.717) is 12.3 Å². The highest BCUT2D eigenvalue weighted by molar-refractivity contribution is 14.0. The minimum Gasteiger partial charge on any atom is -0.359 e. The van der Waals surface area contributed by atoms with Crippen molar-refractivity contribution in [3.05, 3.63) is 28.2 Å². The zero-order valence-electron chi connectivity index (χ0n) is 16.5. The molecule has 1 saturated heterocycles. The van der Waals surface area contributed by atoms with Gasteiger partial charge in [0.1, 0.15) is 0 Å². The van der Waals surface area contributed by atoms with Crippen molar-refractivity contribution in [1.82, 2.24) is 15.5 Å². The van der Waals surface area contributed by atoms with Crippen LogP contribution < -0.4 is 16.0 Å². The Morgan fingerprint density at radius 2 is 1.93 bits per heavy atom. The molecule has 2 rings (SSSR count). The summed E-state index contributed by atoms with van der Waals surface area (Å²) in [4.78, 5) is 30.2. The molecule has 0 radical (unpaired) electrons. The Morgan fingerprint density at radius 3 is 2.54 bits per heavy atom. The van der Waals surface area contributed by atoms with Gasteiger partial charge in [-0.3, -0.25) is 14.6 Å². The number of guanidine groups is 1. The van der Waals surface area contributed by atoms with Gasteiger partial charge in [-0.05, 0) is 43.4 Å². The molecule has 0 aliphatic carbocycles. The van der Waals surface area contributed by atoms with Crippen LogP contribution in [0.25, 0.3) is 0 Å². The maximum absolute atomic E-state index is 12.3. The molecular formula is C19H29BrIN5O2. The van der Waals surface area contributed by atoms with Crippen LogP contribution in [0.15, 0.2) is 27.7 Å². The quantitative estimate of drug-likeness (QED) is 0.291. The molecule has 0 saturated carbocycles. The molecule has 2 amide bonds. The number of aryl methyl sites for hydroxylation is 1. The number of carbonyl (C=O) groups is 2. The maximum Gasteiger partial charge on any atom is 0.243 e. The first-order valence-electron chi connectivity index (χ1n) is 9.15. The van der Waals surface area contributed by atoms with E-state index in [1.54, 1.807) is 14.1 Å². The summed E-state index contributed by atoms with van der Waals surface area (Å²) >= 11 is 3.42. The number of piperidine rings is 1. The van der Waals surface area contributed by atoms with Gasteiger partial charge in [-0.25, -0.2) is 0 Å². The van der Waals surface area contributed by atoms with Gasteiger partial charge in [0.2, 0.25) is 11.8 Å². The lowest BCUT2D eigenvalue weighted by atomic mass is 9.93. The first-order chi connectivity index (χ1) is 12.9. The average Bonchev–Trinajstić information content (AvgIpc) is 2.66. The first-order valence-corrected chi connectivity index (χ1v) is 9.94. The van der Waals surface area contributed by atoms with Crippen LogP contribution in [-0.4, -0.2) is 56.4 Å². The largest absolute Gasteiger partial charge is 0.359 e. The standard InChI is InChI=1S/C19H28BrN5O2.HI/c1-13-4-5-15(20)11-16(13)24-18(27)12-23-19(22-3)25-8-6-14(7-9-25)10-17(26)21-2;/h4-5,11,14H,6-10,12H2,1-3H3,(H,21,26)(H,22,23)(H,24,27);1H. The predicted octanol–water partition coefficient (Wildman–Crippen LogP) is 2.74. The summed E-state index contributed by atoms with van der Waals surface area (Å²) in [5, 5.41) is 8.73. The number of nitrogens with one attached hydrogen (secondary N) is 3. The highest BCUT2D eigenvalue weighted by atomic mass is 127. The molecule has 0 aromatic heterocycles. The third-order valence-electron chi connectivity index (χ3n) is 4.76. The van der Waals surface area contributed by atoms with E-state index in [0.717, 1.165) is 47.6 Å². The summed E-state index contributed by atoms with van der Waals surface area (Å²) in [6, 6.07) is 5.78. The van der Waals surface area contributed by atoms with Gasteiger partial charge in [0.05, 0.1) is 6.54 Å². The molecule has 9 heteroatoms. The molecule has 1 heterocycles. The van der Waals surface area contributed by atoms with Crippen molar-refractivity contribution < 1.29 is 9.59 Å². The molecule has 1 fully saturated rings. The Hall–Kier alpha value is -1.36. The van der Waals surface area contributed by atoms with E-state index in [9.17, 15) is 9.59 Å². The molecule has 0 bridgehead atoms. The van der Waals surface area contributed by atoms with Gasteiger partial charge in [-0.2, -0.15) is 0 Å². The number of carbonyl (C=O) groups excluding carboxylic acids is 2. The van der Waals surface area contributed by atoms with Crippen LogP contribution in [0.3, 0.4) is 0 Å². The van der Waals surface area contributed by atoms with Crippen molar-refractivity contribution in [2.24, 2.45) is 10.9 Å². The molecule has 0 spiro atoms. The van der Waals surface area contributed by atoms with Gasteiger partial charge < -0.3 is 20.9 Å². The van der Waals surface area contributed by atoms with E-state index in [-0.39, 0.29) is 42.3 Å². The molecule has 7 nitrogen and oxygen atoms in total. The minimum atomic E-state index is -0.119. The zero-order chi connectivity index (χ0) is 19.8. The number of nitrogens with zero attached hydrogens (tertiary/aromatic N) is 2. The summed E-state index contributed by atoms with van der Waals surface area (Å²) in [5.74, 6) is 1.10. The van der Waals surface area contributed by atoms with E-state index in [2.05, 4.69) is 41.8 Å². The number of amides is 2. The lowest BCUT2D eigenvalue weighted by Crippen LogP contribution is -2.47. The third kappa shape index (κ3) is 7.57. The number of anilines is 1.